The number of allylic oxidation sites excluding steroid dienone is 2. The highest BCUT2D eigenvalue weighted by atomic mass is 35.5. The lowest BCUT2D eigenvalue weighted by atomic mass is 9.85. The number of fused-ring (bicyclic) bond motifs is 5. The highest BCUT2D eigenvalue weighted by Gasteiger charge is 2.59. The number of benzene rings is 2. The second-order valence-electron chi connectivity index (χ2n) is 9.31. The predicted molar refractivity (Wildman–Crippen MR) is 124 cm³/mol. The van der Waals surface area contributed by atoms with Crippen molar-refractivity contribution in [2.75, 3.05) is 16.3 Å². The van der Waals surface area contributed by atoms with E-state index in [2.05, 4.69) is 12.2 Å². The molecule has 3 amide bonds. The zero-order valence-electron chi connectivity index (χ0n) is 18.1. The van der Waals surface area contributed by atoms with E-state index in [1.165, 1.54) is 11.0 Å². The minimum Gasteiger partial charge on any atom is -0.426 e. The Morgan fingerprint density at radius 3 is 2.26 bits per heavy atom. The Labute approximate surface area is 200 Å². The summed E-state index contributed by atoms with van der Waals surface area (Å²) >= 11 is 5.92. The Bertz CT molecular complexity index is 1230. The first-order valence-electron chi connectivity index (χ1n) is 11.3. The van der Waals surface area contributed by atoms with Gasteiger partial charge in [-0.1, -0.05) is 29.8 Å². The first kappa shape index (κ1) is 21.1. The predicted octanol–water partition coefficient (Wildman–Crippen LogP) is 3.61. The van der Waals surface area contributed by atoms with Crippen LogP contribution in [0.25, 0.3) is 0 Å². The van der Waals surface area contributed by atoms with Crippen molar-refractivity contribution in [3.05, 3.63) is 65.7 Å². The maximum Gasteiger partial charge on any atom is 0.316 e. The molecule has 0 N–H and O–H groups in total. The number of carbonyl (C=O) groups is 4. The molecule has 0 radical (unpaired) electrons. The molecule has 2 bridgehead atoms. The summed E-state index contributed by atoms with van der Waals surface area (Å²) in [6.07, 6.45) is 5.01. The van der Waals surface area contributed by atoms with Crippen LogP contribution < -0.4 is 14.5 Å². The average Bonchev–Trinajstić information content (AvgIpc) is 3.58. The summed E-state index contributed by atoms with van der Waals surface area (Å²) in [4.78, 5) is 54.2. The fourth-order valence-electron chi connectivity index (χ4n) is 5.78. The van der Waals surface area contributed by atoms with Gasteiger partial charge in [-0.05, 0) is 54.7 Å². The SMILES string of the molecule is O=C(Oc1cccc(N2C(=O)[C@@H]3[C@H](C2=O)[C@H]2C=C[C@H]3C2)c1)[C@H]1CC(=O)N(c2ccc(Cl)cc2)C1. The van der Waals surface area contributed by atoms with Crippen LogP contribution in [-0.4, -0.2) is 30.2 Å². The lowest BCUT2D eigenvalue weighted by Crippen LogP contribution is -2.32. The molecule has 2 aromatic carbocycles. The van der Waals surface area contributed by atoms with E-state index in [1.54, 1.807) is 47.4 Å². The Morgan fingerprint density at radius 1 is 0.912 bits per heavy atom. The number of nitrogens with zero attached hydrogens (tertiary/aromatic N) is 2. The Morgan fingerprint density at radius 2 is 1.59 bits per heavy atom. The zero-order chi connectivity index (χ0) is 23.6. The van der Waals surface area contributed by atoms with Crippen LogP contribution >= 0.6 is 11.6 Å². The van der Waals surface area contributed by atoms with Gasteiger partial charge in [-0.2, -0.15) is 0 Å². The lowest BCUT2D eigenvalue weighted by Gasteiger charge is -2.18. The monoisotopic (exact) mass is 476 g/mol. The van der Waals surface area contributed by atoms with Crippen LogP contribution in [0.15, 0.2) is 60.7 Å². The fourth-order valence-corrected chi connectivity index (χ4v) is 5.90. The molecule has 2 heterocycles. The highest BCUT2D eigenvalue weighted by Crippen LogP contribution is 2.53. The minimum absolute atomic E-state index is 0.0450. The third-order valence-corrected chi connectivity index (χ3v) is 7.61. The largest absolute Gasteiger partial charge is 0.426 e. The van der Waals surface area contributed by atoms with Gasteiger partial charge in [0, 0.05) is 29.7 Å². The first-order chi connectivity index (χ1) is 16.4. The Balaban J connectivity index is 1.16. The van der Waals surface area contributed by atoms with E-state index in [4.69, 9.17) is 16.3 Å². The molecule has 0 unspecified atom stereocenters. The number of amides is 3. The van der Waals surface area contributed by atoms with Crippen LogP contribution in [0.2, 0.25) is 5.02 Å². The van der Waals surface area contributed by atoms with Gasteiger partial charge < -0.3 is 9.64 Å². The summed E-state index contributed by atoms with van der Waals surface area (Å²) in [6.45, 7) is 0.210. The van der Waals surface area contributed by atoms with Gasteiger partial charge in [0.1, 0.15) is 5.75 Å². The van der Waals surface area contributed by atoms with Crippen molar-refractivity contribution >= 4 is 46.7 Å². The van der Waals surface area contributed by atoms with Gasteiger partial charge in [0.05, 0.1) is 23.4 Å². The van der Waals surface area contributed by atoms with Gasteiger partial charge in [-0.25, -0.2) is 4.90 Å². The van der Waals surface area contributed by atoms with Crippen molar-refractivity contribution in [3.8, 4) is 5.75 Å². The molecular weight excluding hydrogens is 456 g/mol. The van der Waals surface area contributed by atoms with Crippen LogP contribution in [0.1, 0.15) is 12.8 Å². The number of rotatable bonds is 4. The summed E-state index contributed by atoms with van der Waals surface area (Å²) < 4.78 is 5.57. The van der Waals surface area contributed by atoms with Crippen molar-refractivity contribution in [1.29, 1.82) is 0 Å². The van der Waals surface area contributed by atoms with Gasteiger partial charge in [-0.3, -0.25) is 19.2 Å². The number of halogens is 1. The van der Waals surface area contributed by atoms with E-state index in [0.717, 1.165) is 6.42 Å². The van der Waals surface area contributed by atoms with Crippen LogP contribution in [0.3, 0.4) is 0 Å². The van der Waals surface area contributed by atoms with E-state index in [1.807, 2.05) is 0 Å². The lowest BCUT2D eigenvalue weighted by molar-refractivity contribution is -0.139. The molecule has 2 saturated heterocycles. The first-order valence-corrected chi connectivity index (χ1v) is 11.7. The quantitative estimate of drug-likeness (QED) is 0.291. The topological polar surface area (TPSA) is 84.0 Å². The van der Waals surface area contributed by atoms with Crippen molar-refractivity contribution in [2.45, 2.75) is 12.8 Å². The molecule has 2 aliphatic heterocycles. The summed E-state index contributed by atoms with van der Waals surface area (Å²) in [5.74, 6) is -1.79. The summed E-state index contributed by atoms with van der Waals surface area (Å²) in [5, 5.41) is 0.564. The maximum absolute atomic E-state index is 13.1. The third kappa shape index (κ3) is 3.26. The molecular formula is C26H21ClN2O5. The number of imide groups is 1. The number of carbonyl (C=O) groups excluding carboxylic acids is 4. The Kier molecular flexibility index (Phi) is 4.85. The second-order valence-corrected chi connectivity index (χ2v) is 9.75. The summed E-state index contributed by atoms with van der Waals surface area (Å²) in [7, 11) is 0. The highest BCUT2D eigenvalue weighted by molar-refractivity contribution is 6.30. The van der Waals surface area contributed by atoms with Gasteiger partial charge >= 0.3 is 5.97 Å². The van der Waals surface area contributed by atoms with Crippen molar-refractivity contribution in [2.24, 2.45) is 29.6 Å². The van der Waals surface area contributed by atoms with Gasteiger partial charge in [0.15, 0.2) is 0 Å². The van der Waals surface area contributed by atoms with E-state index in [0.29, 0.717) is 16.4 Å². The van der Waals surface area contributed by atoms with E-state index >= 15 is 0 Å². The number of anilines is 2. The maximum atomic E-state index is 13.1. The van der Waals surface area contributed by atoms with Crippen molar-refractivity contribution in [1.82, 2.24) is 0 Å². The molecule has 8 heteroatoms. The van der Waals surface area contributed by atoms with E-state index in [9.17, 15) is 19.2 Å². The molecule has 6 rings (SSSR count). The van der Waals surface area contributed by atoms with Crippen LogP contribution in [0.5, 0.6) is 5.75 Å². The molecule has 34 heavy (non-hydrogen) atoms. The van der Waals surface area contributed by atoms with Crippen LogP contribution in [0.4, 0.5) is 11.4 Å². The molecule has 2 aliphatic carbocycles. The molecule has 3 fully saturated rings. The van der Waals surface area contributed by atoms with Crippen molar-refractivity contribution in [3.63, 3.8) is 0 Å². The molecule has 7 nitrogen and oxygen atoms in total. The van der Waals surface area contributed by atoms with Crippen LogP contribution in [-0.2, 0) is 19.2 Å². The summed E-state index contributed by atoms with van der Waals surface area (Å²) in [5.41, 5.74) is 1.08. The third-order valence-electron chi connectivity index (χ3n) is 7.36. The number of esters is 1. The number of hydrogen-bond acceptors (Lipinski definition) is 5. The molecule has 2 aromatic rings. The zero-order valence-corrected chi connectivity index (χ0v) is 18.9. The molecule has 4 aliphatic rings. The average molecular weight is 477 g/mol. The molecule has 0 aromatic heterocycles. The van der Waals surface area contributed by atoms with Gasteiger partial charge in [0.2, 0.25) is 17.7 Å². The molecule has 5 atom stereocenters. The van der Waals surface area contributed by atoms with Gasteiger partial charge in [0.25, 0.3) is 0 Å². The molecule has 172 valence electrons. The second kappa shape index (κ2) is 7.81. The fraction of sp³-hybridized carbons (Fsp3) is 0.308. The smallest absolute Gasteiger partial charge is 0.316 e. The number of hydrogen-bond donors (Lipinski definition) is 0. The van der Waals surface area contributed by atoms with Crippen molar-refractivity contribution < 1.29 is 23.9 Å². The Hall–Kier alpha value is -3.45. The van der Waals surface area contributed by atoms with E-state index < -0.39 is 11.9 Å². The molecule has 1 saturated carbocycles. The molecule has 0 spiro atoms. The standard InChI is InChI=1S/C26H21ClN2O5/c27-17-6-8-18(9-7-17)28-13-16(11-21(28)30)26(33)34-20-3-1-2-19(12-20)29-24(31)22-14-4-5-15(10-14)23(22)25(29)32/h1-9,12,14-16,22-23H,10-11,13H2/t14-,15-,16-,22-,23+/m0/s1. The van der Waals surface area contributed by atoms with E-state index in [-0.39, 0.29) is 60.1 Å². The normalized spacial score (nSPS) is 29.3. The number of ether oxygens (including phenoxy) is 1. The summed E-state index contributed by atoms with van der Waals surface area (Å²) in [6, 6.07) is 13.3. The van der Waals surface area contributed by atoms with Gasteiger partial charge in [-0.15, -0.1) is 0 Å². The van der Waals surface area contributed by atoms with Crippen LogP contribution in [0, 0.1) is 29.6 Å². The minimum atomic E-state index is -0.622.